The maximum atomic E-state index is 11.2. The summed E-state index contributed by atoms with van der Waals surface area (Å²) in [5, 5.41) is 20.1. The van der Waals surface area contributed by atoms with Gasteiger partial charge in [-0.05, 0) is 36.1 Å². The zero-order valence-electron chi connectivity index (χ0n) is 14.7. The Labute approximate surface area is 161 Å². The number of nitriles is 1. The third-order valence-corrected chi connectivity index (χ3v) is 5.46. The highest BCUT2D eigenvalue weighted by molar-refractivity contribution is 6.32. The first-order valence-electron chi connectivity index (χ1n) is 8.67. The number of carboxylic acids is 1. The lowest BCUT2D eigenvalue weighted by Gasteiger charge is -2.21. The summed E-state index contributed by atoms with van der Waals surface area (Å²) in [7, 11) is 0. The Bertz CT molecular complexity index is 1110. The van der Waals surface area contributed by atoms with Gasteiger partial charge in [0.15, 0.2) is 0 Å². The Morgan fingerprint density at radius 1 is 1.37 bits per heavy atom. The standard InChI is InChI=1S/C21H17ClN2O3/c1-11-12(5-6-17(22)16(11)10-23)13-3-2-4-14-15-7-8-27-18(9-19(25)26)21(15)24-20(13)14/h2-6,18,24H,7-9H2,1H3,(H,25,26). The summed E-state index contributed by atoms with van der Waals surface area (Å²) in [6.45, 7) is 2.39. The van der Waals surface area contributed by atoms with Crippen LogP contribution in [0.3, 0.4) is 0 Å². The SMILES string of the molecule is Cc1c(-c2cccc3c4c([nH]c23)C(CC(=O)O)OCC4)ccc(Cl)c1C#N. The molecule has 0 radical (unpaired) electrons. The van der Waals surface area contributed by atoms with Gasteiger partial charge in [-0.1, -0.05) is 35.9 Å². The largest absolute Gasteiger partial charge is 0.481 e. The van der Waals surface area contributed by atoms with Crippen molar-refractivity contribution in [2.75, 3.05) is 6.61 Å². The highest BCUT2D eigenvalue weighted by Gasteiger charge is 2.28. The van der Waals surface area contributed by atoms with Gasteiger partial charge in [-0.25, -0.2) is 0 Å². The summed E-state index contributed by atoms with van der Waals surface area (Å²) < 4.78 is 5.69. The third-order valence-electron chi connectivity index (χ3n) is 5.14. The number of aromatic amines is 1. The van der Waals surface area contributed by atoms with Gasteiger partial charge in [0.2, 0.25) is 0 Å². The number of benzene rings is 2. The van der Waals surface area contributed by atoms with E-state index in [1.54, 1.807) is 6.07 Å². The van der Waals surface area contributed by atoms with E-state index in [0.29, 0.717) is 17.2 Å². The van der Waals surface area contributed by atoms with Crippen molar-refractivity contribution >= 4 is 28.5 Å². The van der Waals surface area contributed by atoms with E-state index in [4.69, 9.17) is 16.3 Å². The van der Waals surface area contributed by atoms with Crippen molar-refractivity contribution in [1.82, 2.24) is 4.98 Å². The van der Waals surface area contributed by atoms with Crippen LogP contribution in [0.4, 0.5) is 0 Å². The average molecular weight is 381 g/mol. The minimum Gasteiger partial charge on any atom is -0.481 e. The number of hydrogen-bond donors (Lipinski definition) is 2. The number of ether oxygens (including phenoxy) is 1. The second kappa shape index (κ2) is 6.73. The topological polar surface area (TPSA) is 86.1 Å². The Morgan fingerprint density at radius 2 is 2.19 bits per heavy atom. The van der Waals surface area contributed by atoms with Gasteiger partial charge in [-0.2, -0.15) is 5.26 Å². The van der Waals surface area contributed by atoms with Crippen LogP contribution in [0.5, 0.6) is 0 Å². The van der Waals surface area contributed by atoms with Gasteiger partial charge in [-0.3, -0.25) is 4.79 Å². The lowest BCUT2D eigenvalue weighted by Crippen LogP contribution is -2.18. The van der Waals surface area contributed by atoms with Gasteiger partial charge in [-0.15, -0.1) is 0 Å². The smallest absolute Gasteiger partial charge is 0.306 e. The van der Waals surface area contributed by atoms with Crippen molar-refractivity contribution in [2.45, 2.75) is 25.9 Å². The number of nitrogens with one attached hydrogen (secondary N) is 1. The van der Waals surface area contributed by atoms with Crippen molar-refractivity contribution < 1.29 is 14.6 Å². The molecule has 1 atom stereocenters. The molecular weight excluding hydrogens is 364 g/mol. The minimum absolute atomic E-state index is 0.0757. The first-order valence-corrected chi connectivity index (χ1v) is 9.05. The molecule has 0 spiro atoms. The molecule has 0 saturated heterocycles. The number of aliphatic carboxylic acids is 1. The van der Waals surface area contributed by atoms with Gasteiger partial charge in [0.25, 0.3) is 0 Å². The van der Waals surface area contributed by atoms with Gasteiger partial charge < -0.3 is 14.8 Å². The maximum Gasteiger partial charge on any atom is 0.306 e. The predicted molar refractivity (Wildman–Crippen MR) is 103 cm³/mol. The summed E-state index contributed by atoms with van der Waals surface area (Å²) in [5.41, 5.74) is 6.04. The number of rotatable bonds is 3. The molecular formula is C21H17ClN2O3. The van der Waals surface area contributed by atoms with Gasteiger partial charge in [0.1, 0.15) is 12.2 Å². The fourth-order valence-electron chi connectivity index (χ4n) is 3.88. The van der Waals surface area contributed by atoms with Crippen LogP contribution in [0.15, 0.2) is 30.3 Å². The van der Waals surface area contributed by atoms with E-state index in [2.05, 4.69) is 11.1 Å². The number of halogens is 1. The molecule has 1 unspecified atom stereocenters. The Kier molecular flexibility index (Phi) is 4.39. The van der Waals surface area contributed by atoms with Crippen molar-refractivity contribution in [1.29, 1.82) is 5.26 Å². The number of para-hydroxylation sites is 1. The molecule has 27 heavy (non-hydrogen) atoms. The minimum atomic E-state index is -0.890. The van der Waals surface area contributed by atoms with Gasteiger partial charge in [0.05, 0.1) is 29.1 Å². The molecule has 4 rings (SSSR count). The predicted octanol–water partition coefficient (Wildman–Crippen LogP) is 4.76. The molecule has 6 heteroatoms. The Balaban J connectivity index is 1.94. The molecule has 0 fully saturated rings. The molecule has 1 aromatic heterocycles. The zero-order valence-corrected chi connectivity index (χ0v) is 15.4. The van der Waals surface area contributed by atoms with Crippen LogP contribution in [-0.2, 0) is 16.0 Å². The summed E-state index contributed by atoms with van der Waals surface area (Å²) in [6.07, 6.45) is 0.179. The number of carbonyl (C=O) groups is 1. The number of hydrogen-bond acceptors (Lipinski definition) is 3. The first kappa shape index (κ1) is 17.6. The number of carboxylic acid groups (broad SMARTS) is 1. The number of H-pyrrole nitrogens is 1. The molecule has 2 aromatic carbocycles. The van der Waals surface area contributed by atoms with Crippen LogP contribution in [-0.4, -0.2) is 22.7 Å². The molecule has 0 amide bonds. The van der Waals surface area contributed by atoms with Crippen LogP contribution < -0.4 is 0 Å². The highest BCUT2D eigenvalue weighted by Crippen LogP contribution is 2.39. The summed E-state index contributed by atoms with van der Waals surface area (Å²) >= 11 is 6.15. The molecule has 0 saturated carbocycles. The number of aromatic nitrogens is 1. The maximum absolute atomic E-state index is 11.2. The molecule has 0 aliphatic carbocycles. The fourth-order valence-corrected chi connectivity index (χ4v) is 4.12. The van der Waals surface area contributed by atoms with E-state index in [-0.39, 0.29) is 6.42 Å². The van der Waals surface area contributed by atoms with E-state index in [9.17, 15) is 15.2 Å². The molecule has 2 N–H and O–H groups in total. The van der Waals surface area contributed by atoms with E-state index >= 15 is 0 Å². The molecule has 1 aliphatic rings. The normalized spacial score (nSPS) is 16.1. The van der Waals surface area contributed by atoms with E-state index in [0.717, 1.165) is 45.3 Å². The average Bonchev–Trinajstić information content (AvgIpc) is 3.02. The lowest BCUT2D eigenvalue weighted by atomic mass is 9.94. The highest BCUT2D eigenvalue weighted by atomic mass is 35.5. The summed E-state index contributed by atoms with van der Waals surface area (Å²) in [4.78, 5) is 14.6. The fraction of sp³-hybridized carbons (Fsp3) is 0.238. The van der Waals surface area contributed by atoms with Crippen LogP contribution in [0.25, 0.3) is 22.0 Å². The van der Waals surface area contributed by atoms with Crippen LogP contribution in [0.1, 0.15) is 34.9 Å². The lowest BCUT2D eigenvalue weighted by molar-refractivity contribution is -0.140. The quantitative estimate of drug-likeness (QED) is 0.686. The van der Waals surface area contributed by atoms with Crippen molar-refractivity contribution in [3.8, 4) is 17.2 Å². The van der Waals surface area contributed by atoms with E-state index in [1.165, 1.54) is 0 Å². The van der Waals surface area contributed by atoms with Gasteiger partial charge in [0, 0.05) is 16.6 Å². The van der Waals surface area contributed by atoms with Gasteiger partial charge >= 0.3 is 5.97 Å². The number of nitrogens with zero attached hydrogens (tertiary/aromatic N) is 1. The molecule has 5 nitrogen and oxygen atoms in total. The van der Waals surface area contributed by atoms with E-state index in [1.807, 2.05) is 31.2 Å². The van der Waals surface area contributed by atoms with Crippen molar-refractivity contribution in [3.05, 3.63) is 57.7 Å². The second-order valence-electron chi connectivity index (χ2n) is 6.66. The van der Waals surface area contributed by atoms with E-state index < -0.39 is 12.1 Å². The molecule has 136 valence electrons. The monoisotopic (exact) mass is 380 g/mol. The van der Waals surface area contributed by atoms with Crippen LogP contribution in [0, 0.1) is 18.3 Å². The molecule has 1 aliphatic heterocycles. The third kappa shape index (κ3) is 2.87. The summed E-state index contributed by atoms with van der Waals surface area (Å²) in [6, 6.07) is 11.8. The Hall–Kier alpha value is -2.81. The van der Waals surface area contributed by atoms with Crippen molar-refractivity contribution in [2.24, 2.45) is 0 Å². The second-order valence-corrected chi connectivity index (χ2v) is 7.07. The summed E-state index contributed by atoms with van der Waals surface area (Å²) in [5.74, 6) is -0.890. The van der Waals surface area contributed by atoms with Crippen LogP contribution >= 0.6 is 11.6 Å². The van der Waals surface area contributed by atoms with Crippen LogP contribution in [0.2, 0.25) is 5.02 Å². The molecule has 0 bridgehead atoms. The molecule has 3 aromatic rings. The number of fused-ring (bicyclic) bond motifs is 3. The van der Waals surface area contributed by atoms with Crippen molar-refractivity contribution in [3.63, 3.8) is 0 Å². The molecule has 2 heterocycles. The first-order chi connectivity index (χ1) is 13.0. The zero-order chi connectivity index (χ0) is 19.1. The Morgan fingerprint density at radius 3 is 2.93 bits per heavy atom.